The van der Waals surface area contributed by atoms with Gasteiger partial charge in [0.05, 0.1) is 5.25 Å². The monoisotopic (exact) mass is 409 g/mol. The predicted molar refractivity (Wildman–Crippen MR) is 108 cm³/mol. The van der Waals surface area contributed by atoms with E-state index in [1.807, 2.05) is 0 Å². The summed E-state index contributed by atoms with van der Waals surface area (Å²) in [5, 5.41) is 0.447. The summed E-state index contributed by atoms with van der Waals surface area (Å²) in [7, 11) is -3.35. The van der Waals surface area contributed by atoms with Crippen molar-refractivity contribution in [2.45, 2.75) is 18.1 Å². The highest BCUT2D eigenvalue weighted by molar-refractivity contribution is 7.94. The molecule has 1 amide bonds. The third-order valence-corrected chi connectivity index (χ3v) is 7.46. The summed E-state index contributed by atoms with van der Waals surface area (Å²) in [5.74, 6) is -0.786. The van der Waals surface area contributed by atoms with Gasteiger partial charge in [-0.15, -0.1) is 0 Å². The van der Waals surface area contributed by atoms with Crippen LogP contribution in [0.1, 0.15) is 55.0 Å². The third-order valence-electron chi connectivity index (χ3n) is 5.60. The zero-order chi connectivity index (χ0) is 20.8. The van der Waals surface area contributed by atoms with Gasteiger partial charge in [0, 0.05) is 46.3 Å². The molecule has 0 aromatic heterocycles. The van der Waals surface area contributed by atoms with Gasteiger partial charge in [0.2, 0.25) is 0 Å². The van der Waals surface area contributed by atoms with Crippen molar-refractivity contribution in [2.24, 2.45) is 0 Å². The molecule has 0 unspecified atom stereocenters. The summed E-state index contributed by atoms with van der Waals surface area (Å²) in [6.07, 6.45) is 0.686. The minimum atomic E-state index is -3.35. The van der Waals surface area contributed by atoms with Crippen LogP contribution >= 0.6 is 0 Å². The van der Waals surface area contributed by atoms with Crippen molar-refractivity contribution in [1.29, 1.82) is 0 Å². The van der Waals surface area contributed by atoms with Crippen LogP contribution in [0, 0.1) is 0 Å². The molecule has 1 heterocycles. The number of sulfone groups is 1. The first-order chi connectivity index (χ1) is 13.8. The molecule has 0 atom stereocenters. The van der Waals surface area contributed by atoms with Crippen molar-refractivity contribution in [3.63, 3.8) is 0 Å². The van der Waals surface area contributed by atoms with Crippen molar-refractivity contribution in [3.05, 3.63) is 82.3 Å². The highest BCUT2D eigenvalue weighted by Crippen LogP contribution is 2.28. The summed E-state index contributed by atoms with van der Waals surface area (Å²) in [5.41, 5.74) is 1.54. The van der Waals surface area contributed by atoms with Crippen molar-refractivity contribution in [3.8, 4) is 0 Å². The second kappa shape index (κ2) is 7.08. The minimum Gasteiger partial charge on any atom is -0.339 e. The number of likely N-dealkylation sites (tertiary alicyclic amines) is 1. The van der Waals surface area contributed by atoms with Gasteiger partial charge in [-0.05, 0) is 31.0 Å². The number of ketones is 2. The number of benzene rings is 2. The molecule has 0 spiro atoms. The Kier molecular flexibility index (Phi) is 4.70. The van der Waals surface area contributed by atoms with Gasteiger partial charge in [-0.1, -0.05) is 30.8 Å². The van der Waals surface area contributed by atoms with Gasteiger partial charge in [-0.2, -0.15) is 0 Å². The molecule has 0 saturated carbocycles. The maximum atomic E-state index is 12.9. The van der Waals surface area contributed by atoms with Gasteiger partial charge in [0.25, 0.3) is 5.91 Å². The van der Waals surface area contributed by atoms with Crippen LogP contribution in [-0.2, 0) is 9.84 Å². The number of fused-ring (bicyclic) bond motifs is 2. The van der Waals surface area contributed by atoms with Gasteiger partial charge in [-0.3, -0.25) is 14.4 Å². The molecule has 0 radical (unpaired) electrons. The van der Waals surface area contributed by atoms with E-state index in [0.29, 0.717) is 48.2 Å². The van der Waals surface area contributed by atoms with Crippen molar-refractivity contribution in [2.75, 3.05) is 13.1 Å². The van der Waals surface area contributed by atoms with E-state index in [2.05, 4.69) is 6.58 Å². The van der Waals surface area contributed by atoms with Crippen LogP contribution in [0.5, 0.6) is 0 Å². The Morgan fingerprint density at radius 3 is 2.07 bits per heavy atom. The number of carbonyl (C=O) groups excluding carboxylic acids is 3. The van der Waals surface area contributed by atoms with Crippen LogP contribution in [0.15, 0.2) is 54.5 Å². The topological polar surface area (TPSA) is 88.6 Å². The van der Waals surface area contributed by atoms with E-state index in [4.69, 9.17) is 0 Å². The minimum absolute atomic E-state index is 0.226. The highest BCUT2D eigenvalue weighted by atomic mass is 32.2. The zero-order valence-electron chi connectivity index (χ0n) is 15.6. The zero-order valence-corrected chi connectivity index (χ0v) is 16.4. The van der Waals surface area contributed by atoms with E-state index in [1.165, 1.54) is 12.1 Å². The first-order valence-electron chi connectivity index (χ1n) is 9.31. The first-order valence-corrected chi connectivity index (χ1v) is 10.9. The molecule has 4 rings (SSSR count). The van der Waals surface area contributed by atoms with Crippen LogP contribution in [0.3, 0.4) is 0 Å². The fourth-order valence-electron chi connectivity index (χ4n) is 3.94. The second-order valence-electron chi connectivity index (χ2n) is 7.21. The van der Waals surface area contributed by atoms with Gasteiger partial charge < -0.3 is 4.90 Å². The lowest BCUT2D eigenvalue weighted by Crippen LogP contribution is -2.42. The maximum absolute atomic E-state index is 12.9. The van der Waals surface area contributed by atoms with Crippen molar-refractivity contribution < 1.29 is 22.8 Å². The van der Waals surface area contributed by atoms with E-state index in [-0.39, 0.29) is 23.0 Å². The lowest BCUT2D eigenvalue weighted by Gasteiger charge is -2.31. The van der Waals surface area contributed by atoms with Crippen molar-refractivity contribution in [1.82, 2.24) is 4.90 Å². The highest BCUT2D eigenvalue weighted by Gasteiger charge is 2.32. The first kappa shape index (κ1) is 19.3. The van der Waals surface area contributed by atoms with Crippen molar-refractivity contribution >= 4 is 27.3 Å². The summed E-state index contributed by atoms with van der Waals surface area (Å²) in [4.78, 5) is 40.0. The fraction of sp³-hybridized carbons (Fsp3) is 0.227. The largest absolute Gasteiger partial charge is 0.339 e. The van der Waals surface area contributed by atoms with Gasteiger partial charge >= 0.3 is 0 Å². The Morgan fingerprint density at radius 1 is 0.931 bits per heavy atom. The molecular weight excluding hydrogens is 390 g/mol. The average Bonchev–Trinajstić information content (AvgIpc) is 2.76. The summed E-state index contributed by atoms with van der Waals surface area (Å²) in [6.45, 7) is 3.97. The molecule has 0 N–H and O–H groups in total. The Hall–Kier alpha value is -3.06. The Bertz CT molecular complexity index is 1160. The fourth-order valence-corrected chi connectivity index (χ4v) is 5.08. The predicted octanol–water partition coefficient (Wildman–Crippen LogP) is 2.62. The van der Waals surface area contributed by atoms with Crippen LogP contribution < -0.4 is 0 Å². The van der Waals surface area contributed by atoms with E-state index in [9.17, 15) is 22.8 Å². The number of nitrogens with zero attached hydrogens (tertiary/aromatic N) is 1. The number of amides is 1. The van der Waals surface area contributed by atoms with Gasteiger partial charge in [0.1, 0.15) is 0 Å². The number of hydrogen-bond acceptors (Lipinski definition) is 5. The normalized spacial score (nSPS) is 16.9. The third kappa shape index (κ3) is 3.21. The molecule has 1 aliphatic carbocycles. The molecule has 7 heteroatoms. The molecule has 0 bridgehead atoms. The quantitative estimate of drug-likeness (QED) is 0.664. The molecule has 2 aliphatic rings. The second-order valence-corrected chi connectivity index (χ2v) is 9.39. The van der Waals surface area contributed by atoms with Crippen LogP contribution in [0.4, 0.5) is 0 Å². The lowest BCUT2D eigenvalue weighted by atomic mass is 9.83. The van der Waals surface area contributed by atoms with Gasteiger partial charge in [-0.25, -0.2) is 8.42 Å². The van der Waals surface area contributed by atoms with Crippen LogP contribution in [0.25, 0.3) is 0 Å². The molecule has 2 aromatic rings. The van der Waals surface area contributed by atoms with Crippen LogP contribution in [-0.4, -0.2) is 49.1 Å². The van der Waals surface area contributed by atoms with E-state index in [1.54, 1.807) is 35.2 Å². The van der Waals surface area contributed by atoms with Crippen LogP contribution in [0.2, 0.25) is 0 Å². The number of carbonyl (C=O) groups is 3. The molecular formula is C22H19NO5S. The maximum Gasteiger partial charge on any atom is 0.253 e. The number of rotatable bonds is 3. The van der Waals surface area contributed by atoms with E-state index in [0.717, 1.165) is 5.41 Å². The SMILES string of the molecule is C=CS(=O)(=O)C1CCN(C(=O)c2ccc3c(c2)C(=O)c2ccccc2C3=O)CC1. The summed E-state index contributed by atoms with van der Waals surface area (Å²) in [6, 6.07) is 11.2. The molecule has 1 aliphatic heterocycles. The van der Waals surface area contributed by atoms with Gasteiger partial charge in [0.15, 0.2) is 21.4 Å². The smallest absolute Gasteiger partial charge is 0.253 e. The number of piperidine rings is 1. The average molecular weight is 409 g/mol. The molecule has 6 nitrogen and oxygen atoms in total. The number of hydrogen-bond donors (Lipinski definition) is 0. The Labute approximate surface area is 168 Å². The standard InChI is InChI=1S/C22H19NO5S/c1-2-29(27,28)15-9-11-23(12-10-15)22(26)14-7-8-18-19(13-14)21(25)17-6-4-3-5-16(17)20(18)24/h2-8,13,15H,1,9-12H2. The Balaban J connectivity index is 1.59. The Morgan fingerprint density at radius 2 is 1.48 bits per heavy atom. The van der Waals surface area contributed by atoms with E-state index < -0.39 is 15.1 Å². The molecule has 1 saturated heterocycles. The molecule has 148 valence electrons. The summed E-state index contributed by atoms with van der Waals surface area (Å²) >= 11 is 0. The molecule has 1 fully saturated rings. The summed E-state index contributed by atoms with van der Waals surface area (Å²) < 4.78 is 23.9. The molecule has 29 heavy (non-hydrogen) atoms. The molecule has 2 aromatic carbocycles. The lowest BCUT2D eigenvalue weighted by molar-refractivity contribution is 0.0725. The van der Waals surface area contributed by atoms with E-state index >= 15 is 0 Å².